The number of hydrogen-bond acceptors (Lipinski definition) is 4. The van der Waals surface area contributed by atoms with Gasteiger partial charge in [0.2, 0.25) is 5.91 Å². The van der Waals surface area contributed by atoms with Crippen molar-refractivity contribution in [2.24, 2.45) is 11.7 Å². The van der Waals surface area contributed by atoms with Gasteiger partial charge in [-0.3, -0.25) is 4.79 Å². The van der Waals surface area contributed by atoms with Gasteiger partial charge >= 0.3 is 0 Å². The molecular weight excluding hydrogens is 282 g/mol. The Bertz CT molecular complexity index is 644. The van der Waals surface area contributed by atoms with Crippen molar-refractivity contribution in [3.8, 4) is 11.3 Å². The highest BCUT2D eigenvalue weighted by molar-refractivity contribution is 7.14. The molecule has 0 spiro atoms. The largest absolute Gasteiger partial charge is 0.369 e. The molecule has 1 aliphatic heterocycles. The lowest BCUT2D eigenvalue weighted by molar-refractivity contribution is -0.122. The second kappa shape index (κ2) is 5.85. The zero-order valence-corrected chi connectivity index (χ0v) is 12.9. The van der Waals surface area contributed by atoms with E-state index >= 15 is 0 Å². The van der Waals surface area contributed by atoms with Crippen LogP contribution in [0.25, 0.3) is 11.3 Å². The van der Waals surface area contributed by atoms with Gasteiger partial charge < -0.3 is 10.6 Å². The van der Waals surface area contributed by atoms with E-state index in [0.717, 1.165) is 42.3 Å². The van der Waals surface area contributed by atoms with Gasteiger partial charge in [-0.05, 0) is 25.8 Å². The van der Waals surface area contributed by atoms with Crippen LogP contribution >= 0.6 is 11.3 Å². The molecule has 21 heavy (non-hydrogen) atoms. The molecule has 0 saturated carbocycles. The minimum Gasteiger partial charge on any atom is -0.369 e. The molecule has 4 nitrogen and oxygen atoms in total. The molecule has 0 radical (unpaired) electrons. The van der Waals surface area contributed by atoms with Gasteiger partial charge in [-0.1, -0.05) is 23.8 Å². The molecule has 1 fully saturated rings. The summed E-state index contributed by atoms with van der Waals surface area (Å²) in [6.45, 7) is 3.80. The monoisotopic (exact) mass is 301 g/mol. The van der Waals surface area contributed by atoms with E-state index in [-0.39, 0.29) is 11.8 Å². The van der Waals surface area contributed by atoms with Gasteiger partial charge in [0.25, 0.3) is 0 Å². The molecule has 5 heteroatoms. The first-order valence-electron chi connectivity index (χ1n) is 7.20. The number of piperidine rings is 1. The first-order chi connectivity index (χ1) is 10.1. The molecule has 1 aromatic heterocycles. The second-order valence-electron chi connectivity index (χ2n) is 5.55. The van der Waals surface area contributed by atoms with Gasteiger partial charge in [-0.2, -0.15) is 0 Å². The number of carbonyl (C=O) groups is 1. The first-order valence-corrected chi connectivity index (χ1v) is 8.08. The van der Waals surface area contributed by atoms with Gasteiger partial charge in [0.1, 0.15) is 0 Å². The summed E-state index contributed by atoms with van der Waals surface area (Å²) in [6.07, 6.45) is 1.66. The SMILES string of the molecule is Cc1cccc(-c2csc(N3CCC(C(N)=O)CC3)n2)c1. The van der Waals surface area contributed by atoms with Crippen molar-refractivity contribution in [2.45, 2.75) is 19.8 Å². The summed E-state index contributed by atoms with van der Waals surface area (Å²) in [5.41, 5.74) is 8.80. The van der Waals surface area contributed by atoms with Crippen LogP contribution in [0.2, 0.25) is 0 Å². The van der Waals surface area contributed by atoms with Gasteiger partial charge in [-0.15, -0.1) is 11.3 Å². The smallest absolute Gasteiger partial charge is 0.220 e. The molecule has 3 rings (SSSR count). The highest BCUT2D eigenvalue weighted by atomic mass is 32.1. The maximum Gasteiger partial charge on any atom is 0.220 e. The third kappa shape index (κ3) is 3.08. The molecular formula is C16H19N3OS. The van der Waals surface area contributed by atoms with E-state index in [1.54, 1.807) is 11.3 Å². The summed E-state index contributed by atoms with van der Waals surface area (Å²) in [6, 6.07) is 8.39. The van der Waals surface area contributed by atoms with Crippen molar-refractivity contribution >= 4 is 22.4 Å². The number of benzene rings is 1. The number of amides is 1. The Labute approximate surface area is 128 Å². The number of carbonyl (C=O) groups excluding carboxylic acids is 1. The lowest BCUT2D eigenvalue weighted by atomic mass is 9.97. The Morgan fingerprint density at radius 2 is 2.14 bits per heavy atom. The third-order valence-corrected chi connectivity index (χ3v) is 4.88. The molecule has 2 heterocycles. The quantitative estimate of drug-likeness (QED) is 0.948. The van der Waals surface area contributed by atoms with Crippen LogP contribution in [-0.4, -0.2) is 24.0 Å². The molecule has 0 atom stereocenters. The first kappa shape index (κ1) is 14.1. The molecule has 2 aromatic rings. The molecule has 0 unspecified atom stereocenters. The standard InChI is InChI=1S/C16H19N3OS/c1-11-3-2-4-13(9-11)14-10-21-16(18-14)19-7-5-12(6-8-19)15(17)20/h2-4,9-10,12H,5-8H2,1H3,(H2,17,20). The van der Waals surface area contributed by atoms with E-state index in [0.29, 0.717) is 0 Å². The topological polar surface area (TPSA) is 59.2 Å². The highest BCUT2D eigenvalue weighted by Gasteiger charge is 2.24. The number of anilines is 1. The lowest BCUT2D eigenvalue weighted by Gasteiger charge is -2.30. The van der Waals surface area contributed by atoms with Crippen molar-refractivity contribution in [3.05, 3.63) is 35.2 Å². The zero-order valence-electron chi connectivity index (χ0n) is 12.1. The summed E-state index contributed by atoms with van der Waals surface area (Å²) < 4.78 is 0. The minimum atomic E-state index is -0.172. The van der Waals surface area contributed by atoms with Gasteiger partial charge in [-0.25, -0.2) is 4.98 Å². The van der Waals surface area contributed by atoms with E-state index in [2.05, 4.69) is 41.5 Å². The third-order valence-electron chi connectivity index (χ3n) is 3.97. The van der Waals surface area contributed by atoms with Crippen molar-refractivity contribution in [2.75, 3.05) is 18.0 Å². The van der Waals surface area contributed by atoms with Crippen molar-refractivity contribution in [1.29, 1.82) is 0 Å². The molecule has 1 amide bonds. The number of hydrogen-bond donors (Lipinski definition) is 1. The maximum atomic E-state index is 11.2. The molecule has 2 N–H and O–H groups in total. The van der Waals surface area contributed by atoms with E-state index in [1.165, 1.54) is 5.56 Å². The number of thiazole rings is 1. The van der Waals surface area contributed by atoms with Crippen LogP contribution in [0.4, 0.5) is 5.13 Å². The zero-order chi connectivity index (χ0) is 14.8. The Kier molecular flexibility index (Phi) is 3.92. The van der Waals surface area contributed by atoms with Gasteiger partial charge in [0.15, 0.2) is 5.13 Å². The summed E-state index contributed by atoms with van der Waals surface area (Å²) >= 11 is 1.67. The molecule has 1 saturated heterocycles. The number of primary amides is 1. The van der Waals surface area contributed by atoms with Crippen molar-refractivity contribution < 1.29 is 4.79 Å². The summed E-state index contributed by atoms with van der Waals surface area (Å²) in [5.74, 6) is -0.147. The Hall–Kier alpha value is -1.88. The maximum absolute atomic E-state index is 11.2. The molecule has 0 aliphatic carbocycles. The fourth-order valence-electron chi connectivity index (χ4n) is 2.70. The van der Waals surface area contributed by atoms with Gasteiger partial charge in [0, 0.05) is 30.0 Å². The number of nitrogens with zero attached hydrogens (tertiary/aromatic N) is 2. The summed E-state index contributed by atoms with van der Waals surface area (Å²) in [4.78, 5) is 18.2. The predicted octanol–water partition coefficient (Wildman–Crippen LogP) is 2.82. The van der Waals surface area contributed by atoms with Gasteiger partial charge in [0.05, 0.1) is 5.69 Å². The van der Waals surface area contributed by atoms with Crippen molar-refractivity contribution in [3.63, 3.8) is 0 Å². The average molecular weight is 301 g/mol. The Balaban J connectivity index is 1.73. The molecule has 1 aromatic carbocycles. The Morgan fingerprint density at radius 1 is 1.38 bits per heavy atom. The number of aromatic nitrogens is 1. The van der Waals surface area contributed by atoms with E-state index in [1.807, 2.05) is 0 Å². The normalized spacial score (nSPS) is 16.1. The van der Waals surface area contributed by atoms with Crippen molar-refractivity contribution in [1.82, 2.24) is 4.98 Å². The number of rotatable bonds is 3. The van der Waals surface area contributed by atoms with Crippen LogP contribution in [0.5, 0.6) is 0 Å². The molecule has 110 valence electrons. The van der Waals surface area contributed by atoms with Crippen LogP contribution in [0.15, 0.2) is 29.6 Å². The van der Waals surface area contributed by atoms with Crippen LogP contribution in [0.3, 0.4) is 0 Å². The summed E-state index contributed by atoms with van der Waals surface area (Å²) in [7, 11) is 0. The van der Waals surface area contributed by atoms with Crippen LogP contribution in [-0.2, 0) is 4.79 Å². The van der Waals surface area contributed by atoms with Crippen LogP contribution < -0.4 is 10.6 Å². The minimum absolute atomic E-state index is 0.0254. The lowest BCUT2D eigenvalue weighted by Crippen LogP contribution is -2.38. The summed E-state index contributed by atoms with van der Waals surface area (Å²) in [5, 5.41) is 3.14. The number of aryl methyl sites for hydroxylation is 1. The van der Waals surface area contributed by atoms with Crippen LogP contribution in [0, 0.1) is 12.8 Å². The second-order valence-corrected chi connectivity index (χ2v) is 6.39. The fourth-order valence-corrected chi connectivity index (χ4v) is 3.59. The number of nitrogens with two attached hydrogens (primary N) is 1. The highest BCUT2D eigenvalue weighted by Crippen LogP contribution is 2.30. The molecule has 1 aliphatic rings. The van der Waals surface area contributed by atoms with E-state index in [4.69, 9.17) is 10.7 Å². The Morgan fingerprint density at radius 3 is 2.81 bits per heavy atom. The fraction of sp³-hybridized carbons (Fsp3) is 0.375. The molecule has 0 bridgehead atoms. The van der Waals surface area contributed by atoms with E-state index in [9.17, 15) is 4.79 Å². The van der Waals surface area contributed by atoms with E-state index < -0.39 is 0 Å². The average Bonchev–Trinajstić information content (AvgIpc) is 2.97. The predicted molar refractivity (Wildman–Crippen MR) is 86.4 cm³/mol. The van der Waals surface area contributed by atoms with Crippen LogP contribution in [0.1, 0.15) is 18.4 Å².